The van der Waals surface area contributed by atoms with E-state index < -0.39 is 0 Å². The van der Waals surface area contributed by atoms with Crippen molar-refractivity contribution in [1.29, 1.82) is 5.26 Å². The van der Waals surface area contributed by atoms with Crippen LogP contribution in [-0.2, 0) is 6.42 Å². The molecule has 0 spiro atoms. The Bertz CT molecular complexity index is 823. The minimum absolute atomic E-state index is 0.0371. The van der Waals surface area contributed by atoms with Gasteiger partial charge in [0, 0.05) is 50.4 Å². The average molecular weight is 364 g/mol. The number of carbonyl (C=O) groups is 1. The predicted molar refractivity (Wildman–Crippen MR) is 102 cm³/mol. The molecule has 3 rings (SSSR count). The van der Waals surface area contributed by atoms with E-state index in [9.17, 15) is 4.79 Å². The van der Waals surface area contributed by atoms with Crippen molar-refractivity contribution in [2.24, 2.45) is 0 Å². The lowest BCUT2D eigenvalue weighted by molar-refractivity contribution is 0.110. The number of pyridine rings is 1. The first-order valence-corrected chi connectivity index (χ1v) is 9.25. The second-order valence-electron chi connectivity index (χ2n) is 6.74. The van der Waals surface area contributed by atoms with Crippen LogP contribution in [0, 0.1) is 18.3 Å². The van der Waals surface area contributed by atoms with Crippen LogP contribution in [0.5, 0.6) is 5.75 Å². The van der Waals surface area contributed by atoms with Crippen LogP contribution in [0.1, 0.15) is 29.5 Å². The number of aromatic nitrogens is 1. The monoisotopic (exact) mass is 364 g/mol. The molecule has 27 heavy (non-hydrogen) atoms. The maximum absolute atomic E-state index is 12.3. The van der Waals surface area contributed by atoms with Crippen molar-refractivity contribution in [1.82, 2.24) is 15.2 Å². The highest BCUT2D eigenvalue weighted by Crippen LogP contribution is 2.21. The summed E-state index contributed by atoms with van der Waals surface area (Å²) in [6.07, 6.45) is 6.01. The van der Waals surface area contributed by atoms with Gasteiger partial charge in [-0.1, -0.05) is 12.1 Å². The van der Waals surface area contributed by atoms with Gasteiger partial charge in [0.05, 0.1) is 11.6 Å². The van der Waals surface area contributed by atoms with Crippen LogP contribution < -0.4 is 10.1 Å². The summed E-state index contributed by atoms with van der Waals surface area (Å²) >= 11 is 0. The number of nitriles is 1. The first-order valence-electron chi connectivity index (χ1n) is 9.25. The molecular formula is C21H24N4O2. The van der Waals surface area contributed by atoms with E-state index in [0.29, 0.717) is 31.6 Å². The second-order valence-corrected chi connectivity index (χ2v) is 6.74. The number of piperidine rings is 1. The van der Waals surface area contributed by atoms with Gasteiger partial charge in [0.1, 0.15) is 11.9 Å². The van der Waals surface area contributed by atoms with E-state index in [-0.39, 0.29) is 12.1 Å². The van der Waals surface area contributed by atoms with Crippen LogP contribution >= 0.6 is 0 Å². The number of hydrogen-bond donors (Lipinski definition) is 1. The molecule has 0 bridgehead atoms. The Morgan fingerprint density at radius 1 is 1.37 bits per heavy atom. The third-order valence-corrected chi connectivity index (χ3v) is 4.74. The molecule has 1 aliphatic heterocycles. The van der Waals surface area contributed by atoms with Gasteiger partial charge < -0.3 is 15.0 Å². The van der Waals surface area contributed by atoms with Crippen LogP contribution in [0.15, 0.2) is 42.7 Å². The molecule has 1 aromatic carbocycles. The van der Waals surface area contributed by atoms with Crippen molar-refractivity contribution in [3.8, 4) is 11.8 Å². The van der Waals surface area contributed by atoms with Gasteiger partial charge in [-0.25, -0.2) is 4.79 Å². The highest BCUT2D eigenvalue weighted by atomic mass is 16.5. The fourth-order valence-electron chi connectivity index (χ4n) is 3.17. The first kappa shape index (κ1) is 18.7. The molecule has 0 radical (unpaired) electrons. The molecule has 0 saturated carbocycles. The topological polar surface area (TPSA) is 78.2 Å². The van der Waals surface area contributed by atoms with E-state index >= 15 is 0 Å². The average Bonchev–Trinajstić information content (AvgIpc) is 2.70. The van der Waals surface area contributed by atoms with Gasteiger partial charge in [-0.15, -0.1) is 0 Å². The van der Waals surface area contributed by atoms with Gasteiger partial charge in [-0.05, 0) is 37.1 Å². The molecule has 1 fully saturated rings. The van der Waals surface area contributed by atoms with Gasteiger partial charge in [0.15, 0.2) is 0 Å². The van der Waals surface area contributed by atoms with Crippen LogP contribution in [0.2, 0.25) is 0 Å². The summed E-state index contributed by atoms with van der Waals surface area (Å²) < 4.78 is 6.05. The minimum atomic E-state index is -0.0371. The number of benzene rings is 1. The van der Waals surface area contributed by atoms with Gasteiger partial charge in [0.2, 0.25) is 0 Å². The number of nitrogens with zero attached hydrogens (tertiary/aromatic N) is 3. The lowest BCUT2D eigenvalue weighted by atomic mass is 10.1. The molecule has 1 N–H and O–H groups in total. The number of nitrogens with one attached hydrogen (secondary N) is 1. The quantitative estimate of drug-likeness (QED) is 0.884. The molecule has 0 atom stereocenters. The summed E-state index contributed by atoms with van der Waals surface area (Å²) in [6.45, 7) is 3.91. The van der Waals surface area contributed by atoms with E-state index in [4.69, 9.17) is 10.00 Å². The van der Waals surface area contributed by atoms with Crippen molar-refractivity contribution in [3.63, 3.8) is 0 Å². The highest BCUT2D eigenvalue weighted by molar-refractivity contribution is 5.74. The Labute approximate surface area is 159 Å². The number of likely N-dealkylation sites (tertiary alicyclic amines) is 1. The molecule has 1 aromatic heterocycles. The van der Waals surface area contributed by atoms with Gasteiger partial charge in [-0.3, -0.25) is 4.98 Å². The van der Waals surface area contributed by atoms with Crippen molar-refractivity contribution >= 4 is 6.03 Å². The molecule has 1 saturated heterocycles. The van der Waals surface area contributed by atoms with Crippen LogP contribution in [-0.4, -0.2) is 41.7 Å². The number of rotatable bonds is 5. The smallest absolute Gasteiger partial charge is 0.317 e. The molecular weight excluding hydrogens is 340 g/mol. The summed E-state index contributed by atoms with van der Waals surface area (Å²) in [5.41, 5.74) is 2.72. The molecule has 6 nitrogen and oxygen atoms in total. The standard InChI is InChI=1S/C21H24N4O2/c1-16-15-23-9-6-20(16)27-19-7-11-25(12-8-19)21(26)24-10-5-17-3-2-4-18(13-17)14-22/h2-4,6,9,13,15,19H,5,7-8,10-12H2,1H3,(H,24,26). The third kappa shape index (κ3) is 5.20. The largest absolute Gasteiger partial charge is 0.490 e. The molecule has 140 valence electrons. The maximum Gasteiger partial charge on any atom is 0.317 e. The Balaban J connectivity index is 1.40. The number of urea groups is 1. The van der Waals surface area contributed by atoms with E-state index in [2.05, 4.69) is 16.4 Å². The summed E-state index contributed by atoms with van der Waals surface area (Å²) in [7, 11) is 0. The van der Waals surface area contributed by atoms with Crippen molar-refractivity contribution in [2.75, 3.05) is 19.6 Å². The summed E-state index contributed by atoms with van der Waals surface area (Å²) in [5.74, 6) is 0.868. The molecule has 1 aliphatic rings. The first-order chi connectivity index (χ1) is 13.2. The van der Waals surface area contributed by atoms with Crippen LogP contribution in [0.4, 0.5) is 4.79 Å². The zero-order valence-electron chi connectivity index (χ0n) is 15.5. The third-order valence-electron chi connectivity index (χ3n) is 4.74. The van der Waals surface area contributed by atoms with Crippen LogP contribution in [0.3, 0.4) is 0 Å². The van der Waals surface area contributed by atoms with Gasteiger partial charge in [0.25, 0.3) is 0 Å². The van der Waals surface area contributed by atoms with E-state index in [1.54, 1.807) is 18.5 Å². The molecule has 2 aromatic rings. The van der Waals surface area contributed by atoms with E-state index in [1.807, 2.05) is 36.1 Å². The van der Waals surface area contributed by atoms with E-state index in [0.717, 1.165) is 29.7 Å². The van der Waals surface area contributed by atoms with Crippen molar-refractivity contribution in [3.05, 3.63) is 59.4 Å². The Hall–Kier alpha value is -3.07. The van der Waals surface area contributed by atoms with Crippen LogP contribution in [0.25, 0.3) is 0 Å². The molecule has 2 amide bonds. The Morgan fingerprint density at radius 3 is 2.93 bits per heavy atom. The number of ether oxygens (including phenoxy) is 1. The van der Waals surface area contributed by atoms with Gasteiger partial charge in [-0.2, -0.15) is 5.26 Å². The molecule has 2 heterocycles. The number of hydrogen-bond acceptors (Lipinski definition) is 4. The zero-order chi connectivity index (χ0) is 19.1. The molecule has 0 unspecified atom stereocenters. The van der Waals surface area contributed by atoms with Crippen molar-refractivity contribution < 1.29 is 9.53 Å². The lowest BCUT2D eigenvalue weighted by Crippen LogP contribution is -2.46. The second kappa shape index (κ2) is 9.04. The number of aryl methyl sites for hydroxylation is 1. The normalized spacial score (nSPS) is 14.4. The summed E-state index contributed by atoms with van der Waals surface area (Å²) in [5, 5.41) is 11.9. The lowest BCUT2D eigenvalue weighted by Gasteiger charge is -2.32. The predicted octanol–water partition coefficient (Wildman–Crippen LogP) is 3.06. The van der Waals surface area contributed by atoms with Gasteiger partial charge >= 0.3 is 6.03 Å². The number of amides is 2. The molecule has 0 aliphatic carbocycles. The molecule has 6 heteroatoms. The maximum atomic E-state index is 12.3. The SMILES string of the molecule is Cc1cnccc1OC1CCN(C(=O)NCCc2cccc(C#N)c2)CC1. The Kier molecular flexibility index (Phi) is 6.26. The fraction of sp³-hybridized carbons (Fsp3) is 0.381. The van der Waals surface area contributed by atoms with E-state index in [1.165, 1.54) is 0 Å². The summed E-state index contributed by atoms with van der Waals surface area (Å²) in [4.78, 5) is 18.3. The number of carbonyl (C=O) groups excluding carboxylic acids is 1. The summed E-state index contributed by atoms with van der Waals surface area (Å²) in [6, 6.07) is 11.5. The minimum Gasteiger partial charge on any atom is -0.490 e. The highest BCUT2D eigenvalue weighted by Gasteiger charge is 2.24. The Morgan fingerprint density at radius 2 is 2.19 bits per heavy atom. The zero-order valence-corrected chi connectivity index (χ0v) is 15.5. The van der Waals surface area contributed by atoms with Crippen molar-refractivity contribution in [2.45, 2.75) is 32.3 Å². The fourth-order valence-corrected chi connectivity index (χ4v) is 3.17.